The topological polar surface area (TPSA) is 46.9 Å². The Balaban J connectivity index is 1.51. The van der Waals surface area contributed by atoms with Gasteiger partial charge in [0.05, 0.1) is 11.3 Å². The maximum Gasteiger partial charge on any atom is 0.253 e. The summed E-state index contributed by atoms with van der Waals surface area (Å²) in [6, 6.07) is 9.76. The molecule has 1 amide bonds. The van der Waals surface area contributed by atoms with Gasteiger partial charge in [0.2, 0.25) is 0 Å². The fraction of sp³-hybridized carbons (Fsp3) is 0.474. The molecule has 120 valence electrons. The lowest BCUT2D eigenvalue weighted by Crippen LogP contribution is -2.40. The third kappa shape index (κ3) is 2.67. The van der Waals surface area contributed by atoms with Crippen molar-refractivity contribution in [2.45, 2.75) is 38.6 Å². The predicted octanol–water partition coefficient (Wildman–Crippen LogP) is 3.43. The predicted molar refractivity (Wildman–Crippen MR) is 89.4 cm³/mol. The van der Waals surface area contributed by atoms with E-state index in [-0.39, 0.29) is 11.9 Å². The van der Waals surface area contributed by atoms with Gasteiger partial charge in [0.25, 0.3) is 5.91 Å². The smallest absolute Gasteiger partial charge is 0.253 e. The Kier molecular flexibility index (Phi) is 3.68. The van der Waals surface area contributed by atoms with Crippen LogP contribution in [0, 0.1) is 17.8 Å². The minimum Gasteiger partial charge on any atom is -0.349 e. The van der Waals surface area contributed by atoms with Crippen LogP contribution >= 0.6 is 0 Å². The Morgan fingerprint density at radius 2 is 2.13 bits per heavy atom. The van der Waals surface area contributed by atoms with Gasteiger partial charge in [-0.05, 0) is 62.1 Å². The van der Waals surface area contributed by atoms with E-state index in [1.807, 2.05) is 36.5 Å². The van der Waals surface area contributed by atoms with Crippen LogP contribution < -0.4 is 5.32 Å². The molecule has 0 aliphatic heterocycles. The molecule has 4 heteroatoms. The Bertz CT molecular complexity index is 694. The number of carbonyl (C=O) groups excluding carboxylic acids is 1. The zero-order chi connectivity index (χ0) is 15.8. The van der Waals surface area contributed by atoms with Crippen LogP contribution in [0.1, 0.15) is 43.0 Å². The zero-order valence-corrected chi connectivity index (χ0v) is 13.5. The molecule has 2 aromatic rings. The van der Waals surface area contributed by atoms with Gasteiger partial charge in [-0.3, -0.25) is 4.79 Å². The molecule has 2 saturated carbocycles. The van der Waals surface area contributed by atoms with E-state index in [4.69, 9.17) is 0 Å². The average molecular weight is 309 g/mol. The number of benzene rings is 1. The first-order chi connectivity index (χ1) is 11.2. The molecule has 2 aliphatic carbocycles. The summed E-state index contributed by atoms with van der Waals surface area (Å²) < 4.78 is 1.75. The maximum absolute atomic E-state index is 12.8. The van der Waals surface area contributed by atoms with Crippen molar-refractivity contribution in [1.29, 1.82) is 0 Å². The van der Waals surface area contributed by atoms with E-state index >= 15 is 0 Å². The highest BCUT2D eigenvalue weighted by Crippen LogP contribution is 2.49. The van der Waals surface area contributed by atoms with Crippen LogP contribution in [0.15, 0.2) is 42.7 Å². The van der Waals surface area contributed by atoms with Crippen LogP contribution in [-0.2, 0) is 0 Å². The highest BCUT2D eigenvalue weighted by Gasteiger charge is 2.42. The first kappa shape index (κ1) is 14.5. The number of para-hydroxylation sites is 1. The van der Waals surface area contributed by atoms with Crippen molar-refractivity contribution in [3.63, 3.8) is 0 Å². The van der Waals surface area contributed by atoms with E-state index in [1.54, 1.807) is 10.9 Å². The third-order valence-electron chi connectivity index (χ3n) is 5.69. The molecule has 4 atom stereocenters. The second-order valence-electron chi connectivity index (χ2n) is 7.07. The molecule has 2 bridgehead atoms. The van der Waals surface area contributed by atoms with Crippen molar-refractivity contribution in [3.8, 4) is 5.69 Å². The number of hydrogen-bond acceptors (Lipinski definition) is 2. The van der Waals surface area contributed by atoms with Gasteiger partial charge in [-0.1, -0.05) is 18.6 Å². The van der Waals surface area contributed by atoms with Gasteiger partial charge in [0, 0.05) is 18.4 Å². The van der Waals surface area contributed by atoms with E-state index in [9.17, 15) is 4.79 Å². The summed E-state index contributed by atoms with van der Waals surface area (Å²) in [4.78, 5) is 12.8. The molecule has 1 N–H and O–H groups in total. The van der Waals surface area contributed by atoms with Crippen molar-refractivity contribution in [2.24, 2.45) is 17.8 Å². The summed E-state index contributed by atoms with van der Waals surface area (Å²) in [6.45, 7) is 2.17. The Morgan fingerprint density at radius 1 is 1.26 bits per heavy atom. The molecule has 0 spiro atoms. The molecule has 1 aromatic carbocycles. The second-order valence-corrected chi connectivity index (χ2v) is 7.07. The van der Waals surface area contributed by atoms with E-state index < -0.39 is 0 Å². The van der Waals surface area contributed by atoms with Gasteiger partial charge in [0.1, 0.15) is 0 Å². The molecule has 2 aliphatic rings. The van der Waals surface area contributed by atoms with E-state index in [2.05, 4.69) is 17.3 Å². The van der Waals surface area contributed by atoms with Crippen LogP contribution in [0.2, 0.25) is 0 Å². The van der Waals surface area contributed by atoms with Gasteiger partial charge in [-0.15, -0.1) is 0 Å². The molecule has 0 unspecified atom stereocenters. The molecule has 1 aromatic heterocycles. The number of hydrogen-bond donors (Lipinski definition) is 1. The van der Waals surface area contributed by atoms with Crippen LogP contribution in [0.5, 0.6) is 0 Å². The number of aromatic nitrogens is 2. The first-order valence-electron chi connectivity index (χ1n) is 8.62. The second kappa shape index (κ2) is 5.84. The van der Waals surface area contributed by atoms with Crippen molar-refractivity contribution in [1.82, 2.24) is 15.1 Å². The minimum atomic E-state index is 0.00590. The summed E-state index contributed by atoms with van der Waals surface area (Å²) >= 11 is 0. The van der Waals surface area contributed by atoms with E-state index in [0.29, 0.717) is 11.5 Å². The van der Waals surface area contributed by atoms with Gasteiger partial charge in [0.15, 0.2) is 0 Å². The standard InChI is InChI=1S/C19H23N3O/c1-13(17-12-14-7-8-15(17)11-14)21-19(23)16-5-2-3-6-18(16)22-10-4-9-20-22/h2-6,9-10,13-15,17H,7-8,11-12H2,1H3,(H,21,23)/t13-,14-,15-,17+/m0/s1. The lowest BCUT2D eigenvalue weighted by molar-refractivity contribution is 0.0915. The fourth-order valence-corrected chi connectivity index (χ4v) is 4.57. The molecule has 23 heavy (non-hydrogen) atoms. The number of rotatable bonds is 4. The number of carbonyl (C=O) groups is 1. The summed E-state index contributed by atoms with van der Waals surface area (Å²) in [5, 5.41) is 7.50. The monoisotopic (exact) mass is 309 g/mol. The summed E-state index contributed by atoms with van der Waals surface area (Å²) in [5.41, 5.74) is 1.52. The van der Waals surface area contributed by atoms with Crippen LogP contribution in [0.25, 0.3) is 5.69 Å². The summed E-state index contributed by atoms with van der Waals surface area (Å²) in [7, 11) is 0. The molecule has 0 saturated heterocycles. The highest BCUT2D eigenvalue weighted by atomic mass is 16.1. The Morgan fingerprint density at radius 3 is 2.83 bits per heavy atom. The molecule has 0 radical (unpaired) electrons. The van der Waals surface area contributed by atoms with Crippen LogP contribution in [0.4, 0.5) is 0 Å². The molecular weight excluding hydrogens is 286 g/mol. The number of nitrogens with one attached hydrogen (secondary N) is 1. The largest absolute Gasteiger partial charge is 0.349 e. The fourth-order valence-electron chi connectivity index (χ4n) is 4.57. The van der Waals surface area contributed by atoms with Crippen molar-refractivity contribution in [2.75, 3.05) is 0 Å². The van der Waals surface area contributed by atoms with Gasteiger partial charge in [-0.2, -0.15) is 5.10 Å². The molecule has 4 rings (SSSR count). The van der Waals surface area contributed by atoms with Gasteiger partial charge in [-0.25, -0.2) is 4.68 Å². The lowest BCUT2D eigenvalue weighted by Gasteiger charge is -2.28. The summed E-state index contributed by atoms with van der Waals surface area (Å²) in [5.74, 6) is 2.37. The van der Waals surface area contributed by atoms with Crippen LogP contribution in [-0.4, -0.2) is 21.7 Å². The normalized spacial score (nSPS) is 27.1. The van der Waals surface area contributed by atoms with Crippen molar-refractivity contribution < 1.29 is 4.79 Å². The average Bonchev–Trinajstić information content (AvgIpc) is 3.32. The van der Waals surface area contributed by atoms with Gasteiger partial charge < -0.3 is 5.32 Å². The molecule has 1 heterocycles. The third-order valence-corrected chi connectivity index (χ3v) is 5.69. The molecular formula is C19H23N3O. The van der Waals surface area contributed by atoms with Crippen molar-refractivity contribution in [3.05, 3.63) is 48.3 Å². The van der Waals surface area contributed by atoms with Crippen molar-refractivity contribution >= 4 is 5.91 Å². The zero-order valence-electron chi connectivity index (χ0n) is 13.5. The maximum atomic E-state index is 12.8. The Labute approximate surface area is 136 Å². The first-order valence-corrected chi connectivity index (χ1v) is 8.62. The molecule has 4 nitrogen and oxygen atoms in total. The Hall–Kier alpha value is -2.10. The van der Waals surface area contributed by atoms with E-state index in [0.717, 1.165) is 17.5 Å². The SMILES string of the molecule is C[C@H](NC(=O)c1ccccc1-n1cccn1)[C@H]1C[C@H]2CC[C@H]1C2. The number of nitrogens with zero attached hydrogens (tertiary/aromatic N) is 2. The quantitative estimate of drug-likeness (QED) is 0.940. The lowest BCUT2D eigenvalue weighted by atomic mass is 9.84. The number of fused-ring (bicyclic) bond motifs is 2. The summed E-state index contributed by atoms with van der Waals surface area (Å²) in [6.07, 6.45) is 8.99. The number of amides is 1. The minimum absolute atomic E-state index is 0.00590. The highest BCUT2D eigenvalue weighted by molar-refractivity contribution is 5.97. The van der Waals surface area contributed by atoms with E-state index in [1.165, 1.54) is 25.7 Å². The van der Waals surface area contributed by atoms with Gasteiger partial charge >= 0.3 is 0 Å². The van der Waals surface area contributed by atoms with Crippen LogP contribution in [0.3, 0.4) is 0 Å². The molecule has 2 fully saturated rings.